The van der Waals surface area contributed by atoms with E-state index in [2.05, 4.69) is 10.3 Å². The Kier molecular flexibility index (Phi) is 6.46. The monoisotopic (exact) mass is 384 g/mol. The summed E-state index contributed by atoms with van der Waals surface area (Å²) >= 11 is 0. The summed E-state index contributed by atoms with van der Waals surface area (Å²) in [5, 5.41) is 2.89. The quantitative estimate of drug-likeness (QED) is 0.791. The number of pyridine rings is 1. The molecule has 1 saturated heterocycles. The van der Waals surface area contributed by atoms with E-state index in [4.69, 9.17) is 4.42 Å². The Morgan fingerprint density at radius 2 is 2.25 bits per heavy atom. The summed E-state index contributed by atoms with van der Waals surface area (Å²) in [7, 11) is 0. The Balaban J connectivity index is 1.73. The van der Waals surface area contributed by atoms with Crippen molar-refractivity contribution in [2.45, 2.75) is 52.4 Å². The van der Waals surface area contributed by atoms with Crippen LogP contribution in [0.25, 0.3) is 0 Å². The second kappa shape index (κ2) is 9.01. The molecule has 0 radical (unpaired) electrons. The topological polar surface area (TPSA) is 78.7 Å². The van der Waals surface area contributed by atoms with Crippen molar-refractivity contribution in [3.05, 3.63) is 53.7 Å². The highest BCUT2D eigenvalue weighted by Crippen LogP contribution is 2.18. The van der Waals surface area contributed by atoms with Crippen LogP contribution in [0.4, 0.5) is 0 Å². The smallest absolute Gasteiger partial charge is 0.237 e. The summed E-state index contributed by atoms with van der Waals surface area (Å²) < 4.78 is 5.14. The molecule has 0 unspecified atom stereocenters. The van der Waals surface area contributed by atoms with Crippen molar-refractivity contribution in [2.75, 3.05) is 13.1 Å². The molecule has 1 atom stereocenters. The molecule has 1 aliphatic rings. The molecule has 0 aromatic carbocycles. The minimum Gasteiger partial charge on any atom is -0.472 e. The maximum Gasteiger partial charge on any atom is 0.237 e. The predicted octanol–water partition coefficient (Wildman–Crippen LogP) is 2.11. The van der Waals surface area contributed by atoms with Crippen LogP contribution in [-0.4, -0.2) is 51.8 Å². The molecule has 1 N–H and O–H groups in total. The second-order valence-electron chi connectivity index (χ2n) is 7.50. The normalized spacial score (nSPS) is 17.6. The summed E-state index contributed by atoms with van der Waals surface area (Å²) in [6.07, 6.45) is 5.19. The van der Waals surface area contributed by atoms with Crippen LogP contribution >= 0.6 is 0 Å². The molecule has 0 bridgehead atoms. The van der Waals surface area contributed by atoms with Gasteiger partial charge in [-0.05, 0) is 38.5 Å². The van der Waals surface area contributed by atoms with Crippen molar-refractivity contribution < 1.29 is 14.0 Å². The van der Waals surface area contributed by atoms with Crippen LogP contribution in [0.1, 0.15) is 37.1 Å². The Labute approximate surface area is 165 Å². The maximum absolute atomic E-state index is 13.1. The lowest BCUT2D eigenvalue weighted by atomic mass is 10.1. The van der Waals surface area contributed by atoms with Crippen molar-refractivity contribution in [2.24, 2.45) is 0 Å². The standard InChI is InChI=1S/C21H28N4O3/c1-15(2)25(13-18-16(3)5-4-7-22-18)20(26)11-19-21(27)23-8-9-24(19)12-17-6-10-28-14-17/h4-7,10,14-15,19H,8-9,11-13H2,1-3H3,(H,23,27)/t19-/m1/s1. The number of hydrogen-bond donors (Lipinski definition) is 1. The van der Waals surface area contributed by atoms with Crippen LogP contribution in [0.3, 0.4) is 0 Å². The van der Waals surface area contributed by atoms with Crippen molar-refractivity contribution >= 4 is 11.8 Å². The van der Waals surface area contributed by atoms with E-state index in [1.54, 1.807) is 23.6 Å². The SMILES string of the molecule is Cc1cccnc1CN(C(=O)C[C@@H]1C(=O)NCCN1Cc1ccoc1)C(C)C. The van der Waals surface area contributed by atoms with Crippen LogP contribution in [-0.2, 0) is 22.7 Å². The number of amides is 2. The Morgan fingerprint density at radius 1 is 1.43 bits per heavy atom. The highest BCUT2D eigenvalue weighted by atomic mass is 16.3. The molecule has 2 amide bonds. The van der Waals surface area contributed by atoms with E-state index >= 15 is 0 Å². The van der Waals surface area contributed by atoms with Gasteiger partial charge in [0.2, 0.25) is 11.8 Å². The lowest BCUT2D eigenvalue weighted by Gasteiger charge is -2.36. The number of furan rings is 1. The van der Waals surface area contributed by atoms with Crippen molar-refractivity contribution in [3.8, 4) is 0 Å². The van der Waals surface area contributed by atoms with E-state index in [1.165, 1.54) is 0 Å². The van der Waals surface area contributed by atoms with Gasteiger partial charge in [-0.1, -0.05) is 6.07 Å². The summed E-state index contributed by atoms with van der Waals surface area (Å²) in [5.74, 6) is -0.139. The van der Waals surface area contributed by atoms with Gasteiger partial charge in [-0.2, -0.15) is 0 Å². The number of nitrogens with one attached hydrogen (secondary N) is 1. The third-order valence-corrected chi connectivity index (χ3v) is 5.16. The number of carbonyl (C=O) groups is 2. The molecule has 2 aromatic rings. The summed E-state index contributed by atoms with van der Waals surface area (Å²) in [6, 6.07) is 5.30. The summed E-state index contributed by atoms with van der Waals surface area (Å²) in [4.78, 5) is 33.9. The molecule has 1 aliphatic heterocycles. The van der Waals surface area contributed by atoms with Gasteiger partial charge in [-0.3, -0.25) is 19.5 Å². The number of piperazine rings is 1. The zero-order chi connectivity index (χ0) is 20.1. The molecule has 0 spiro atoms. The second-order valence-corrected chi connectivity index (χ2v) is 7.50. The Hall–Kier alpha value is -2.67. The largest absolute Gasteiger partial charge is 0.472 e. The fraction of sp³-hybridized carbons (Fsp3) is 0.476. The van der Waals surface area contributed by atoms with Gasteiger partial charge in [0.1, 0.15) is 0 Å². The van der Waals surface area contributed by atoms with Gasteiger partial charge in [0.15, 0.2) is 0 Å². The highest BCUT2D eigenvalue weighted by molar-refractivity contribution is 5.89. The zero-order valence-corrected chi connectivity index (χ0v) is 16.7. The van der Waals surface area contributed by atoms with E-state index in [0.717, 1.165) is 16.8 Å². The average molecular weight is 384 g/mol. The third kappa shape index (κ3) is 4.78. The molecule has 3 heterocycles. The van der Waals surface area contributed by atoms with Crippen molar-refractivity contribution in [1.82, 2.24) is 20.1 Å². The van der Waals surface area contributed by atoms with E-state index in [-0.39, 0.29) is 24.3 Å². The Morgan fingerprint density at radius 3 is 2.93 bits per heavy atom. The van der Waals surface area contributed by atoms with Gasteiger partial charge in [-0.25, -0.2) is 0 Å². The van der Waals surface area contributed by atoms with E-state index < -0.39 is 6.04 Å². The molecule has 1 fully saturated rings. The zero-order valence-electron chi connectivity index (χ0n) is 16.7. The van der Waals surface area contributed by atoms with Crippen LogP contribution in [0.15, 0.2) is 41.3 Å². The number of aromatic nitrogens is 1. The summed E-state index contributed by atoms with van der Waals surface area (Å²) in [5.41, 5.74) is 2.93. The fourth-order valence-electron chi connectivity index (χ4n) is 3.48. The number of aryl methyl sites for hydroxylation is 1. The Bertz CT molecular complexity index is 804. The van der Waals surface area contributed by atoms with E-state index in [9.17, 15) is 9.59 Å². The molecule has 28 heavy (non-hydrogen) atoms. The van der Waals surface area contributed by atoms with E-state index in [1.807, 2.05) is 43.9 Å². The van der Waals surface area contributed by atoms with E-state index in [0.29, 0.717) is 26.2 Å². The molecular weight excluding hydrogens is 356 g/mol. The first-order valence-corrected chi connectivity index (χ1v) is 9.68. The number of hydrogen-bond acceptors (Lipinski definition) is 5. The van der Waals surface area contributed by atoms with Crippen LogP contribution in [0.5, 0.6) is 0 Å². The first-order chi connectivity index (χ1) is 13.5. The first kappa shape index (κ1) is 20.1. The third-order valence-electron chi connectivity index (χ3n) is 5.16. The van der Waals surface area contributed by atoms with Gasteiger partial charge >= 0.3 is 0 Å². The molecule has 7 heteroatoms. The van der Waals surface area contributed by atoms with Crippen LogP contribution in [0, 0.1) is 6.92 Å². The molecule has 2 aromatic heterocycles. The highest BCUT2D eigenvalue weighted by Gasteiger charge is 2.33. The molecule has 0 saturated carbocycles. The predicted molar refractivity (Wildman–Crippen MR) is 105 cm³/mol. The number of nitrogens with zero attached hydrogens (tertiary/aromatic N) is 3. The van der Waals surface area contributed by atoms with Crippen molar-refractivity contribution in [3.63, 3.8) is 0 Å². The minimum atomic E-state index is -0.484. The summed E-state index contributed by atoms with van der Waals surface area (Å²) in [6.45, 7) is 8.29. The fourth-order valence-corrected chi connectivity index (χ4v) is 3.48. The molecular formula is C21H28N4O3. The van der Waals surface area contributed by atoms with Gasteiger partial charge in [-0.15, -0.1) is 0 Å². The molecule has 0 aliphatic carbocycles. The molecule has 3 rings (SSSR count). The average Bonchev–Trinajstić information content (AvgIpc) is 3.16. The lowest BCUT2D eigenvalue weighted by Crippen LogP contribution is -2.56. The van der Waals surface area contributed by atoms with Gasteiger partial charge < -0.3 is 14.6 Å². The van der Waals surface area contributed by atoms with Crippen LogP contribution < -0.4 is 5.32 Å². The van der Waals surface area contributed by atoms with Crippen LogP contribution in [0.2, 0.25) is 0 Å². The molecule has 150 valence electrons. The lowest BCUT2D eigenvalue weighted by molar-refractivity contribution is -0.140. The number of carbonyl (C=O) groups excluding carboxylic acids is 2. The number of rotatable bonds is 7. The van der Waals surface area contributed by atoms with Gasteiger partial charge in [0.25, 0.3) is 0 Å². The minimum absolute atomic E-state index is 0.0166. The van der Waals surface area contributed by atoms with Crippen molar-refractivity contribution in [1.29, 1.82) is 0 Å². The molecule has 7 nitrogen and oxygen atoms in total. The van der Waals surface area contributed by atoms with Gasteiger partial charge in [0.05, 0.1) is 37.2 Å². The van der Waals surface area contributed by atoms with Gasteiger partial charge in [0, 0.05) is 37.4 Å². The first-order valence-electron chi connectivity index (χ1n) is 9.68. The maximum atomic E-state index is 13.1.